The van der Waals surface area contributed by atoms with Gasteiger partial charge in [0.1, 0.15) is 0 Å². The number of rotatable bonds is 4. The van der Waals surface area contributed by atoms with Crippen LogP contribution in [0.25, 0.3) is 0 Å². The number of carbonyl (C=O) groups is 2. The summed E-state index contributed by atoms with van der Waals surface area (Å²) in [6.07, 6.45) is -2.95. The molecule has 4 atom stereocenters. The molecule has 37 heavy (non-hydrogen) atoms. The van der Waals surface area contributed by atoms with Gasteiger partial charge in [0, 0.05) is 50.2 Å². The number of β-amino-alcohol motifs (C(OH)–C–C–N with tert-alkyl or cyclic N) is 4. The van der Waals surface area contributed by atoms with Crippen molar-refractivity contribution >= 4 is 23.1 Å². The van der Waals surface area contributed by atoms with Gasteiger partial charge in [0.15, 0.2) is 5.78 Å². The first-order valence-corrected chi connectivity index (χ1v) is 10.8. The Hall–Kier alpha value is -2.50. The van der Waals surface area contributed by atoms with Gasteiger partial charge in [-0.3, -0.25) is 4.79 Å². The molecule has 2 saturated heterocycles. The molecule has 0 bridgehead atoms. The van der Waals surface area contributed by atoms with Gasteiger partial charge in [-0.2, -0.15) is 0 Å². The molecule has 0 spiro atoms. The maximum atomic E-state index is 11.2. The molecule has 2 aromatic carbocycles. The van der Waals surface area contributed by atoms with E-state index in [-0.39, 0.29) is 41.2 Å². The van der Waals surface area contributed by atoms with Crippen molar-refractivity contribution in [3.8, 4) is 0 Å². The van der Waals surface area contributed by atoms with Crippen LogP contribution in [-0.4, -0.2) is 111 Å². The number of hydrogen-bond donors (Lipinski definition) is 6. The topological polar surface area (TPSA) is 224 Å². The number of carboxylic acids is 1. The zero-order valence-corrected chi connectivity index (χ0v) is 21.1. The van der Waals surface area contributed by atoms with Crippen molar-refractivity contribution in [2.75, 3.05) is 43.1 Å². The van der Waals surface area contributed by atoms with E-state index >= 15 is 0 Å². The number of carboxylic acid groups (broad SMARTS) is 1. The van der Waals surface area contributed by atoms with E-state index in [1.165, 1.54) is 19.1 Å². The van der Waals surface area contributed by atoms with Crippen molar-refractivity contribution in [3.63, 3.8) is 0 Å². The zero-order chi connectivity index (χ0) is 25.4. The average Bonchev–Trinajstić information content (AvgIpc) is 3.36. The minimum absolute atomic E-state index is 0. The quantitative estimate of drug-likeness (QED) is 0.169. The number of nitrogens with zero attached hydrogens (tertiary/aromatic N) is 2. The molecule has 0 saturated carbocycles. The third-order valence-electron chi connectivity index (χ3n) is 5.59. The largest absolute Gasteiger partial charge is 1.00 e. The fraction of sp³-hybridized carbons (Fsp3) is 0.417. The minimum Gasteiger partial charge on any atom is -0.870 e. The Kier molecular flexibility index (Phi) is 16.9. The van der Waals surface area contributed by atoms with E-state index < -0.39 is 30.4 Å². The number of Topliss-reactive ketones (excluding diaryl/α,β-unsaturated/α-hetero) is 1. The molecule has 0 aliphatic carbocycles. The smallest absolute Gasteiger partial charge is 0.870 e. The van der Waals surface area contributed by atoms with E-state index in [2.05, 4.69) is 0 Å². The Bertz CT molecular complexity index is 883. The Morgan fingerprint density at radius 2 is 1.05 bits per heavy atom. The van der Waals surface area contributed by atoms with Crippen LogP contribution in [0.15, 0.2) is 48.5 Å². The summed E-state index contributed by atoms with van der Waals surface area (Å²) in [7, 11) is 1.00. The molecule has 4 rings (SSSR count). The molecule has 9 N–H and O–H groups in total. The van der Waals surface area contributed by atoms with Crippen molar-refractivity contribution in [2.24, 2.45) is 0 Å². The molecule has 2 heterocycles. The summed E-state index contributed by atoms with van der Waals surface area (Å²) in [5, 5.41) is 53.5. The standard InChI is InChI=1S/C12H15NO3.C11H13NO4.CH4O.Li.2H2O/c1-8(14)9-3-2-4-10(5-9)13-6-11(15)12(16)7-13;13-9-5-12(6-10(9)14)8-3-1-2-7(4-8)11(15)16;1-2;;;/h2-5,11-12,15-16H,6-7H2,1H3;1-4,9-10,13-14H,5-6H2,(H,15,16);2H,1H3;;2*1H2/q;;;+1;;/p-1. The van der Waals surface area contributed by atoms with E-state index in [4.69, 9.17) is 10.2 Å². The normalized spacial score (nSPS) is 21.6. The fourth-order valence-electron chi connectivity index (χ4n) is 3.72. The molecule has 0 aromatic heterocycles. The third kappa shape index (κ3) is 10.1. The number of anilines is 2. The maximum Gasteiger partial charge on any atom is 1.00 e. The van der Waals surface area contributed by atoms with Crippen LogP contribution in [-0.2, 0) is 0 Å². The molecular weight excluding hydrogens is 483 g/mol. The second-order valence-electron chi connectivity index (χ2n) is 8.04. The number of carbonyl (C=O) groups excluding carboxylic acids is 1. The zero-order valence-electron chi connectivity index (χ0n) is 21.1. The van der Waals surface area contributed by atoms with Crippen LogP contribution in [0.1, 0.15) is 27.6 Å². The van der Waals surface area contributed by atoms with Crippen molar-refractivity contribution < 1.29 is 70.0 Å². The second kappa shape index (κ2) is 17.1. The summed E-state index contributed by atoms with van der Waals surface area (Å²) in [6.45, 7) is 2.98. The number of aliphatic hydroxyl groups is 5. The van der Waals surface area contributed by atoms with E-state index in [9.17, 15) is 30.0 Å². The number of hydrogen-bond acceptors (Lipinski definition) is 10. The van der Waals surface area contributed by atoms with Gasteiger partial charge in [-0.05, 0) is 37.3 Å². The van der Waals surface area contributed by atoms with Gasteiger partial charge >= 0.3 is 24.8 Å². The molecule has 2 aliphatic rings. The number of benzene rings is 2. The summed E-state index contributed by atoms with van der Waals surface area (Å²) in [5.41, 5.74) is 2.42. The van der Waals surface area contributed by atoms with Gasteiger partial charge in [0.2, 0.25) is 0 Å². The summed E-state index contributed by atoms with van der Waals surface area (Å²) in [6, 6.07) is 13.7. The van der Waals surface area contributed by atoms with Crippen LogP contribution >= 0.6 is 0 Å². The summed E-state index contributed by atoms with van der Waals surface area (Å²) in [5.74, 6) is -0.968. The maximum absolute atomic E-state index is 11.2. The fourth-order valence-corrected chi connectivity index (χ4v) is 3.72. The van der Waals surface area contributed by atoms with Crippen LogP contribution in [0, 0.1) is 0 Å². The molecule has 202 valence electrons. The van der Waals surface area contributed by atoms with Crippen molar-refractivity contribution in [3.05, 3.63) is 59.7 Å². The SMILES string of the molecule is CC(=O)c1cccc(N2CC(O)C(O)C2)c1.CO.O.O=C(O)c1cccc(N2CC(O)C(O)C2)c1.[Li+].[OH-]. The number of ketones is 1. The molecule has 2 aliphatic heterocycles. The second-order valence-corrected chi connectivity index (χ2v) is 8.04. The van der Waals surface area contributed by atoms with E-state index in [0.717, 1.165) is 12.8 Å². The van der Waals surface area contributed by atoms with Crippen molar-refractivity contribution in [1.29, 1.82) is 0 Å². The van der Waals surface area contributed by atoms with Gasteiger partial charge in [0.05, 0.1) is 30.0 Å². The molecule has 0 radical (unpaired) electrons. The third-order valence-corrected chi connectivity index (χ3v) is 5.59. The molecule has 4 unspecified atom stereocenters. The number of aliphatic hydroxyl groups excluding tert-OH is 5. The Morgan fingerprint density at radius 3 is 1.38 bits per heavy atom. The molecule has 12 nitrogen and oxygen atoms in total. The van der Waals surface area contributed by atoms with Crippen molar-refractivity contribution in [1.82, 2.24) is 0 Å². The Labute approximate surface area is 227 Å². The van der Waals surface area contributed by atoms with Gasteiger partial charge in [-0.15, -0.1) is 0 Å². The molecule has 2 aromatic rings. The van der Waals surface area contributed by atoms with Crippen LogP contribution < -0.4 is 28.7 Å². The molecule has 2 fully saturated rings. The first-order chi connectivity index (χ1) is 16.2. The monoisotopic (exact) mass is 518 g/mol. The average molecular weight is 518 g/mol. The van der Waals surface area contributed by atoms with E-state index in [1.54, 1.807) is 29.2 Å². The van der Waals surface area contributed by atoms with Crippen molar-refractivity contribution in [2.45, 2.75) is 31.3 Å². The minimum atomic E-state index is -0.984. The van der Waals surface area contributed by atoms with Gasteiger partial charge < -0.3 is 51.4 Å². The first kappa shape index (κ1) is 36.7. The Balaban J connectivity index is 0. The van der Waals surface area contributed by atoms with Gasteiger partial charge in [0.25, 0.3) is 0 Å². The summed E-state index contributed by atoms with van der Waals surface area (Å²) < 4.78 is 0. The summed E-state index contributed by atoms with van der Waals surface area (Å²) in [4.78, 5) is 25.6. The molecule has 0 amide bonds. The number of aromatic carboxylic acids is 1. The predicted molar refractivity (Wildman–Crippen MR) is 132 cm³/mol. The predicted octanol–water partition coefficient (Wildman–Crippen LogP) is -4.03. The molecular formula is C24H35LiN2O10. The van der Waals surface area contributed by atoms with E-state index in [0.29, 0.717) is 37.4 Å². The van der Waals surface area contributed by atoms with Crippen LogP contribution in [0.2, 0.25) is 0 Å². The van der Waals surface area contributed by atoms with Crippen LogP contribution in [0.5, 0.6) is 0 Å². The Morgan fingerprint density at radius 1 is 0.730 bits per heavy atom. The molecule has 13 heteroatoms. The van der Waals surface area contributed by atoms with Gasteiger partial charge in [-0.1, -0.05) is 18.2 Å². The van der Waals surface area contributed by atoms with E-state index in [1.807, 2.05) is 17.0 Å². The first-order valence-electron chi connectivity index (χ1n) is 10.8. The summed E-state index contributed by atoms with van der Waals surface area (Å²) >= 11 is 0. The van der Waals surface area contributed by atoms with Gasteiger partial charge in [-0.25, -0.2) is 4.79 Å². The van der Waals surface area contributed by atoms with Crippen LogP contribution in [0.4, 0.5) is 11.4 Å². The van der Waals surface area contributed by atoms with Crippen LogP contribution in [0.3, 0.4) is 0 Å².